The van der Waals surface area contributed by atoms with Crippen LogP contribution in [0.2, 0.25) is 0 Å². The third-order valence-electron chi connectivity index (χ3n) is 16.8. The summed E-state index contributed by atoms with van der Waals surface area (Å²) >= 11 is 0. The molecule has 1 aliphatic rings. The number of allylic oxidation sites excluding steroid dienone is 2. The number of carbonyl (C=O) groups is 11. The van der Waals surface area contributed by atoms with Gasteiger partial charge in [0, 0.05) is 55.8 Å². The number of rotatable bonds is 16. The molecule has 0 aromatic rings. The number of amides is 11. The van der Waals surface area contributed by atoms with Gasteiger partial charge in [-0.1, -0.05) is 102 Å². The first-order valence-electron chi connectivity index (χ1n) is 31.6. The molecule has 11 amide bonds. The molecule has 24 nitrogen and oxygen atoms in total. The Bertz CT molecular complexity index is 2430. The molecule has 24 heteroatoms. The molecule has 1 rings (SSSR count). The van der Waals surface area contributed by atoms with Crippen molar-refractivity contribution in [2.24, 2.45) is 35.5 Å². The van der Waals surface area contributed by atoms with E-state index in [1.807, 2.05) is 41.5 Å². The number of aliphatic hydroxyl groups excluding tert-OH is 1. The molecule has 0 radical (unpaired) electrons. The Hall–Kier alpha value is -6.17. The van der Waals surface area contributed by atoms with Crippen LogP contribution < -0.4 is 21.3 Å². The first kappa shape index (κ1) is 79.8. The molecule has 1 heterocycles. The summed E-state index contributed by atoms with van der Waals surface area (Å²) in [6.07, 6.45) is 2.41. The fraction of sp³-hybridized carbons (Fsp3) is 0.797. The highest BCUT2D eigenvalue weighted by Gasteiger charge is 2.46. The first-order chi connectivity index (χ1) is 40.5. The number of carbonyl (C=O) groups excluding carboxylic acids is 11. The van der Waals surface area contributed by atoms with Gasteiger partial charge in [0.25, 0.3) is 0 Å². The van der Waals surface area contributed by atoms with E-state index in [4.69, 9.17) is 0 Å². The van der Waals surface area contributed by atoms with E-state index in [9.17, 15) is 53.4 Å². The van der Waals surface area contributed by atoms with Gasteiger partial charge in [0.1, 0.15) is 66.5 Å². The van der Waals surface area contributed by atoms with Gasteiger partial charge >= 0.3 is 0 Å². The third-order valence-corrected chi connectivity index (χ3v) is 16.8. The van der Waals surface area contributed by atoms with E-state index in [2.05, 4.69) is 21.3 Å². The highest BCUT2D eigenvalue weighted by molar-refractivity contribution is 6.00. The Kier molecular flexibility index (Phi) is 32.0. The molecule has 0 aliphatic carbocycles. The van der Waals surface area contributed by atoms with Gasteiger partial charge in [0.2, 0.25) is 65.0 Å². The number of nitrogens with one attached hydrogen (secondary N) is 4. The number of hydrogen-bond donors (Lipinski definition) is 6. The standard InChI is InChI=1S/C64H115N11O13/c1-26-29-30-40(14)52(76)51-56(80)67-43(27-2)58(82)69(19)44(28-3)59(83)73(23)48(34-64(17,18)88)55(79)68-49(38(10)11)62(86)70(20)45(31-35(4)5)54(78)65-41(15)53(77)66-42(16)57(81)71(21)46(32-36(6)7)60(84)72(22)47(33-37(8)9)61(85)74(24)50(39(12)13)63(87)75(51)25/h26,29,35-52,76,88H,27-28,30-34H2,1-25H3,(H,65,78)(H,66,77)(H,67,80)(H,68,79)/b29-26+/t40-,41+,42-,43+,44-,45+,46+,47+,48+,49+,50+,51+,52-/m1/s1. The second-order valence-corrected chi connectivity index (χ2v) is 27.1. The SMILES string of the molecule is C/C=C/C[C@@H](C)[C@@H](O)[C@H]1C(=O)N[C@@H](CC)C(=O)N(C)[C@H](CC)C(=O)N(C)[C@@H](CC(C)(C)O)C(=O)N[C@@H](C(C)C)C(=O)N(C)[C@@H](CC(C)C)C(=O)N[C@@H](C)C(=O)N[C@H](C)C(=O)N(C)[C@@H](CC(C)C)C(=O)N(C)[C@@H](CC(C)C)C(=O)N(C)[C@@H](C(C)C)C(=O)N1C. The van der Waals surface area contributed by atoms with Crippen LogP contribution in [-0.4, -0.2) is 237 Å². The highest BCUT2D eigenvalue weighted by atomic mass is 16.3. The van der Waals surface area contributed by atoms with E-state index in [0.717, 1.165) is 14.7 Å². The van der Waals surface area contributed by atoms with Crippen molar-refractivity contribution >= 4 is 65.0 Å². The molecular weight excluding hydrogens is 1130 g/mol. The second-order valence-electron chi connectivity index (χ2n) is 27.1. The minimum Gasteiger partial charge on any atom is -0.390 e. The topological polar surface area (TPSA) is 299 Å². The predicted octanol–water partition coefficient (Wildman–Crippen LogP) is 3.16. The monoisotopic (exact) mass is 1250 g/mol. The van der Waals surface area contributed by atoms with Crippen LogP contribution in [0.5, 0.6) is 0 Å². The number of aliphatic hydroxyl groups is 2. The minimum atomic E-state index is -1.64. The van der Waals surface area contributed by atoms with Crippen LogP contribution in [0.15, 0.2) is 12.2 Å². The average Bonchev–Trinajstić information content (AvgIpc) is 2.21. The molecule has 0 unspecified atom stereocenters. The zero-order valence-corrected chi connectivity index (χ0v) is 58.0. The maximum atomic E-state index is 15.2. The van der Waals surface area contributed by atoms with Crippen molar-refractivity contribution in [1.82, 2.24) is 55.6 Å². The van der Waals surface area contributed by atoms with Gasteiger partial charge in [0.15, 0.2) is 0 Å². The van der Waals surface area contributed by atoms with E-state index in [0.29, 0.717) is 6.42 Å². The van der Waals surface area contributed by atoms with Gasteiger partial charge in [-0.25, -0.2) is 0 Å². The van der Waals surface area contributed by atoms with E-state index < -0.39 is 161 Å². The van der Waals surface area contributed by atoms with E-state index in [-0.39, 0.29) is 56.3 Å². The minimum absolute atomic E-state index is 0.0166. The molecule has 504 valence electrons. The lowest BCUT2D eigenvalue weighted by molar-refractivity contribution is -0.157. The van der Waals surface area contributed by atoms with E-state index in [1.54, 1.807) is 67.5 Å². The lowest BCUT2D eigenvalue weighted by Gasteiger charge is -2.41. The predicted molar refractivity (Wildman–Crippen MR) is 339 cm³/mol. The zero-order valence-electron chi connectivity index (χ0n) is 58.0. The summed E-state index contributed by atoms with van der Waals surface area (Å²) in [5.41, 5.74) is -1.56. The summed E-state index contributed by atoms with van der Waals surface area (Å²) in [7, 11) is 9.77. The van der Waals surface area contributed by atoms with Crippen molar-refractivity contribution in [1.29, 1.82) is 0 Å². The van der Waals surface area contributed by atoms with Crippen molar-refractivity contribution in [3.05, 3.63) is 12.2 Å². The molecule has 1 fully saturated rings. The van der Waals surface area contributed by atoms with Crippen LogP contribution in [0.3, 0.4) is 0 Å². The van der Waals surface area contributed by atoms with Gasteiger partial charge < -0.3 is 65.8 Å². The molecule has 6 N–H and O–H groups in total. The fourth-order valence-corrected chi connectivity index (χ4v) is 11.2. The summed E-state index contributed by atoms with van der Waals surface area (Å²) < 4.78 is 0. The molecule has 1 aliphatic heterocycles. The molecule has 0 saturated carbocycles. The lowest BCUT2D eigenvalue weighted by atomic mass is 9.91. The van der Waals surface area contributed by atoms with Crippen LogP contribution >= 0.6 is 0 Å². The average molecular weight is 1250 g/mol. The summed E-state index contributed by atoms with van der Waals surface area (Å²) in [4.78, 5) is 170. The van der Waals surface area contributed by atoms with Crippen LogP contribution in [0.1, 0.15) is 170 Å². The van der Waals surface area contributed by atoms with Gasteiger partial charge in [0.05, 0.1) is 11.7 Å². The van der Waals surface area contributed by atoms with Crippen LogP contribution in [0, 0.1) is 35.5 Å². The normalized spacial score (nSPS) is 27.4. The van der Waals surface area contributed by atoms with Gasteiger partial charge in [-0.3, -0.25) is 52.7 Å². The maximum absolute atomic E-state index is 15.2. The van der Waals surface area contributed by atoms with Gasteiger partial charge in [-0.15, -0.1) is 0 Å². The van der Waals surface area contributed by atoms with Crippen LogP contribution in [-0.2, 0) is 52.7 Å². The molecule has 13 atom stereocenters. The smallest absolute Gasteiger partial charge is 0.246 e. The lowest BCUT2D eigenvalue weighted by Crippen LogP contribution is -2.64. The molecule has 0 spiro atoms. The summed E-state index contributed by atoms with van der Waals surface area (Å²) in [6.45, 7) is 30.5. The Morgan fingerprint density at radius 2 is 0.864 bits per heavy atom. The Morgan fingerprint density at radius 3 is 1.31 bits per heavy atom. The summed E-state index contributed by atoms with van der Waals surface area (Å²) in [5.74, 6) is -10.2. The number of nitrogens with zero attached hydrogens (tertiary/aromatic N) is 7. The van der Waals surface area contributed by atoms with E-state index in [1.165, 1.54) is 96.6 Å². The molecular formula is C64H115N11O13. The van der Waals surface area contributed by atoms with Crippen LogP contribution in [0.25, 0.3) is 0 Å². The molecule has 0 aromatic heterocycles. The Morgan fingerprint density at radius 1 is 0.455 bits per heavy atom. The van der Waals surface area contributed by atoms with Gasteiger partial charge in [-0.2, -0.15) is 0 Å². The van der Waals surface area contributed by atoms with Crippen molar-refractivity contribution in [3.8, 4) is 0 Å². The van der Waals surface area contributed by atoms with Crippen molar-refractivity contribution in [2.45, 2.75) is 248 Å². The number of hydrogen-bond acceptors (Lipinski definition) is 13. The summed E-state index contributed by atoms with van der Waals surface area (Å²) in [5, 5.41) is 34.3. The summed E-state index contributed by atoms with van der Waals surface area (Å²) in [6, 6.07) is -14.2. The quantitative estimate of drug-likeness (QED) is 0.121. The van der Waals surface area contributed by atoms with Crippen LogP contribution in [0.4, 0.5) is 0 Å². The van der Waals surface area contributed by atoms with Gasteiger partial charge in [-0.05, 0) is 109 Å². The molecule has 88 heavy (non-hydrogen) atoms. The Balaban J connectivity index is 4.45. The number of likely N-dealkylation sites (N-methyl/N-ethyl adjacent to an activating group) is 7. The maximum Gasteiger partial charge on any atom is 0.246 e. The first-order valence-corrected chi connectivity index (χ1v) is 31.6. The fourth-order valence-electron chi connectivity index (χ4n) is 11.2. The molecule has 0 bridgehead atoms. The molecule has 1 saturated heterocycles. The Labute approximate surface area is 526 Å². The van der Waals surface area contributed by atoms with E-state index >= 15 is 9.59 Å². The zero-order chi connectivity index (χ0) is 68.5. The largest absolute Gasteiger partial charge is 0.390 e. The third kappa shape index (κ3) is 21.8. The van der Waals surface area contributed by atoms with Crippen molar-refractivity contribution in [2.75, 3.05) is 49.3 Å². The van der Waals surface area contributed by atoms with Crippen molar-refractivity contribution in [3.63, 3.8) is 0 Å². The molecule has 0 aromatic carbocycles. The van der Waals surface area contributed by atoms with Crippen molar-refractivity contribution < 1.29 is 63.0 Å². The highest BCUT2D eigenvalue weighted by Crippen LogP contribution is 2.26. The second kappa shape index (κ2) is 35.3.